The van der Waals surface area contributed by atoms with Crippen molar-refractivity contribution in [2.24, 2.45) is 0 Å². The number of epoxide rings is 2. The lowest BCUT2D eigenvalue weighted by Crippen LogP contribution is -2.00. The van der Waals surface area contributed by atoms with Crippen molar-refractivity contribution in [2.45, 2.75) is 19.1 Å². The van der Waals surface area contributed by atoms with E-state index in [1.165, 1.54) is 25.3 Å². The Kier molecular flexibility index (Phi) is 16.5. The SMILES string of the molecule is CC(=O)C1CO1.O=C(/C=C/C=C/C=C/Oc1ccccc1)C1CO1.O=C/C=C/C=C/Oc1ccccc1.[OH-]. The number of hydrogen-bond donors (Lipinski definition) is 0. The molecule has 0 bridgehead atoms. The van der Waals surface area contributed by atoms with E-state index in [1.54, 1.807) is 42.7 Å². The number of Topliss-reactive ketones (excluding diaryl/α,β-unsaturated/α-hetero) is 1. The lowest BCUT2D eigenvalue weighted by Gasteiger charge is -1.96. The van der Waals surface area contributed by atoms with Crippen molar-refractivity contribution >= 4 is 17.9 Å². The number of para-hydroxylation sites is 2. The summed E-state index contributed by atoms with van der Waals surface area (Å²) in [5.41, 5.74) is 0. The average molecular weight is 520 g/mol. The van der Waals surface area contributed by atoms with Gasteiger partial charge in [-0.05, 0) is 55.5 Å². The zero-order valence-corrected chi connectivity index (χ0v) is 21.0. The van der Waals surface area contributed by atoms with Crippen LogP contribution in [0.25, 0.3) is 0 Å². The first-order valence-electron chi connectivity index (χ1n) is 11.6. The molecule has 2 aromatic rings. The van der Waals surface area contributed by atoms with Crippen molar-refractivity contribution < 1.29 is 38.8 Å². The van der Waals surface area contributed by atoms with Gasteiger partial charge in [0.05, 0.1) is 25.7 Å². The van der Waals surface area contributed by atoms with E-state index in [0.29, 0.717) is 19.5 Å². The van der Waals surface area contributed by atoms with E-state index in [4.69, 9.17) is 14.2 Å². The number of aldehydes is 1. The Balaban J connectivity index is 0.000000315. The molecule has 2 aliphatic heterocycles. The van der Waals surface area contributed by atoms with Crippen molar-refractivity contribution in [3.05, 3.63) is 122 Å². The molecular weight excluding hydrogens is 488 g/mol. The summed E-state index contributed by atoms with van der Waals surface area (Å²) in [6.07, 6.45) is 16.8. The predicted molar refractivity (Wildman–Crippen MR) is 143 cm³/mol. The molecule has 0 spiro atoms. The van der Waals surface area contributed by atoms with E-state index in [9.17, 15) is 14.4 Å². The number of ketones is 2. The minimum absolute atomic E-state index is 0. The molecule has 38 heavy (non-hydrogen) atoms. The number of rotatable bonds is 11. The van der Waals surface area contributed by atoms with Crippen LogP contribution >= 0.6 is 0 Å². The third-order valence-corrected chi connectivity index (χ3v) is 4.38. The van der Waals surface area contributed by atoms with Crippen LogP contribution in [0.5, 0.6) is 11.5 Å². The Morgan fingerprint density at radius 3 is 1.55 bits per heavy atom. The van der Waals surface area contributed by atoms with Crippen molar-refractivity contribution in [1.82, 2.24) is 0 Å². The van der Waals surface area contributed by atoms with Gasteiger partial charge in [-0.15, -0.1) is 0 Å². The summed E-state index contributed by atoms with van der Waals surface area (Å²) >= 11 is 0. The fourth-order valence-electron chi connectivity index (χ4n) is 2.32. The number of carbonyl (C=O) groups excluding carboxylic acids is 3. The summed E-state index contributed by atoms with van der Waals surface area (Å²) in [6, 6.07) is 18.9. The van der Waals surface area contributed by atoms with E-state index < -0.39 is 0 Å². The summed E-state index contributed by atoms with van der Waals surface area (Å²) in [7, 11) is 0. The summed E-state index contributed by atoms with van der Waals surface area (Å²) in [5, 5.41) is 0. The summed E-state index contributed by atoms with van der Waals surface area (Å²) in [5.74, 6) is 1.73. The molecule has 2 saturated heterocycles. The molecule has 1 N–H and O–H groups in total. The molecule has 2 fully saturated rings. The van der Waals surface area contributed by atoms with Gasteiger partial charge in [0, 0.05) is 0 Å². The first-order chi connectivity index (χ1) is 18.1. The standard InChI is InChI=1S/C15H14O3.C11H10O2.C4H6O2.H2O/c16-14(15-12-18-15)10-6-1-2-7-11-17-13-8-4-3-5-9-13;12-9-5-2-6-10-13-11-7-3-1-4-8-11;1-3(5)4-2-6-4;/h1-11,15H,12H2;1-10H;4H,2H2,1H3;1H2/p-1/b2-1+,10-6+,11-7+;5-2+,10-6+;;. The highest BCUT2D eigenvalue weighted by molar-refractivity contribution is 5.95. The summed E-state index contributed by atoms with van der Waals surface area (Å²) in [4.78, 5) is 31.1. The smallest absolute Gasteiger partial charge is 0.186 e. The second kappa shape index (κ2) is 19.8. The van der Waals surface area contributed by atoms with Crippen molar-refractivity contribution in [3.8, 4) is 11.5 Å². The molecule has 0 radical (unpaired) electrons. The minimum atomic E-state index is -0.202. The second-order valence-corrected chi connectivity index (χ2v) is 7.44. The van der Waals surface area contributed by atoms with Crippen LogP contribution in [0.3, 0.4) is 0 Å². The fraction of sp³-hybridized carbons (Fsp3) is 0.167. The van der Waals surface area contributed by atoms with Crippen LogP contribution in [0.15, 0.2) is 122 Å². The van der Waals surface area contributed by atoms with Gasteiger partial charge in [0.1, 0.15) is 30.0 Å². The van der Waals surface area contributed by atoms with E-state index in [0.717, 1.165) is 11.5 Å². The van der Waals surface area contributed by atoms with Gasteiger partial charge >= 0.3 is 0 Å². The molecular formula is C30H31O8-. The maximum atomic E-state index is 11.2. The van der Waals surface area contributed by atoms with Crippen molar-refractivity contribution in [1.29, 1.82) is 0 Å². The quantitative estimate of drug-likeness (QED) is 0.136. The maximum absolute atomic E-state index is 11.2. The second-order valence-electron chi connectivity index (χ2n) is 7.44. The highest BCUT2D eigenvalue weighted by Crippen LogP contribution is 2.11. The van der Waals surface area contributed by atoms with Gasteiger partial charge in [0.2, 0.25) is 0 Å². The van der Waals surface area contributed by atoms with Crippen molar-refractivity contribution in [2.75, 3.05) is 13.2 Å². The molecule has 8 heteroatoms. The Bertz CT molecular complexity index is 1090. The fourth-order valence-corrected chi connectivity index (χ4v) is 2.32. The van der Waals surface area contributed by atoms with Crippen LogP contribution in [-0.2, 0) is 23.9 Å². The van der Waals surface area contributed by atoms with Gasteiger partial charge in [-0.25, -0.2) is 0 Å². The Morgan fingerprint density at radius 1 is 0.711 bits per heavy atom. The number of benzene rings is 2. The molecule has 2 aromatic carbocycles. The first-order valence-corrected chi connectivity index (χ1v) is 11.6. The lowest BCUT2D eigenvalue weighted by atomic mass is 10.3. The largest absolute Gasteiger partial charge is 0.870 e. The van der Waals surface area contributed by atoms with Crippen LogP contribution in [-0.4, -0.2) is 48.8 Å². The molecule has 2 aliphatic rings. The zero-order chi connectivity index (χ0) is 26.6. The molecule has 2 atom stereocenters. The number of hydrogen-bond acceptors (Lipinski definition) is 8. The molecule has 0 amide bonds. The van der Waals surface area contributed by atoms with E-state index in [-0.39, 0.29) is 29.3 Å². The normalized spacial score (nSPS) is 17.3. The van der Waals surface area contributed by atoms with Crippen LogP contribution < -0.4 is 9.47 Å². The molecule has 2 unspecified atom stereocenters. The highest BCUT2D eigenvalue weighted by Gasteiger charge is 2.28. The first kappa shape index (κ1) is 31.7. The minimum Gasteiger partial charge on any atom is -0.870 e. The van der Waals surface area contributed by atoms with Crippen LogP contribution in [0.1, 0.15) is 6.92 Å². The molecule has 200 valence electrons. The van der Waals surface area contributed by atoms with Crippen molar-refractivity contribution in [3.63, 3.8) is 0 Å². The van der Waals surface area contributed by atoms with Gasteiger partial charge in [-0.1, -0.05) is 60.7 Å². The summed E-state index contributed by atoms with van der Waals surface area (Å²) in [6.45, 7) is 2.74. The van der Waals surface area contributed by atoms with Gasteiger partial charge in [-0.2, -0.15) is 0 Å². The molecule has 2 heterocycles. The summed E-state index contributed by atoms with van der Waals surface area (Å²) < 4.78 is 20.0. The van der Waals surface area contributed by atoms with Crippen LogP contribution in [0, 0.1) is 0 Å². The van der Waals surface area contributed by atoms with Gasteiger partial charge in [0.25, 0.3) is 0 Å². The molecule has 4 rings (SSSR count). The van der Waals surface area contributed by atoms with Gasteiger partial charge < -0.3 is 24.4 Å². The zero-order valence-electron chi connectivity index (χ0n) is 21.0. The Hall–Kier alpha value is -4.37. The molecule has 8 nitrogen and oxygen atoms in total. The Labute approximate surface area is 222 Å². The average Bonchev–Trinajstić information content (AvgIpc) is 3.83. The Morgan fingerprint density at radius 2 is 1.16 bits per heavy atom. The number of ether oxygens (including phenoxy) is 4. The number of allylic oxidation sites excluding steroid dienone is 7. The lowest BCUT2D eigenvalue weighted by molar-refractivity contribution is -0.118. The third-order valence-electron chi connectivity index (χ3n) is 4.38. The topological polar surface area (TPSA) is 125 Å². The van der Waals surface area contributed by atoms with E-state index in [2.05, 4.69) is 4.74 Å². The molecule has 0 aromatic heterocycles. The third kappa shape index (κ3) is 16.3. The maximum Gasteiger partial charge on any atom is 0.186 e. The van der Waals surface area contributed by atoms with E-state index >= 15 is 0 Å². The monoisotopic (exact) mass is 519 g/mol. The van der Waals surface area contributed by atoms with Gasteiger partial charge in [0.15, 0.2) is 11.6 Å². The van der Waals surface area contributed by atoms with Crippen LogP contribution in [0.4, 0.5) is 0 Å². The molecule has 0 aliphatic carbocycles. The predicted octanol–water partition coefficient (Wildman–Crippen LogP) is 4.79. The van der Waals surface area contributed by atoms with E-state index in [1.807, 2.05) is 60.7 Å². The van der Waals surface area contributed by atoms with Crippen LogP contribution in [0.2, 0.25) is 0 Å². The number of carbonyl (C=O) groups is 3. The highest BCUT2D eigenvalue weighted by atomic mass is 16.6. The molecule has 0 saturated carbocycles. The van der Waals surface area contributed by atoms with Gasteiger partial charge in [-0.3, -0.25) is 14.4 Å².